The molecular formula is C24H28N2O. The van der Waals surface area contributed by atoms with Crippen LogP contribution >= 0.6 is 0 Å². The Kier molecular flexibility index (Phi) is 7.70. The molecule has 0 spiro atoms. The topological polar surface area (TPSA) is 27.1 Å². The van der Waals surface area contributed by atoms with Crippen LogP contribution in [0.15, 0.2) is 72.6 Å². The molecule has 2 rings (SSSR count). The summed E-state index contributed by atoms with van der Waals surface area (Å²) in [6.45, 7) is 14.9. The summed E-state index contributed by atoms with van der Waals surface area (Å²) in [4.78, 5) is 4.68. The van der Waals surface area contributed by atoms with Gasteiger partial charge in [-0.1, -0.05) is 56.8 Å². The minimum Gasteiger partial charge on any atom is -0.493 e. The molecule has 0 radical (unpaired) electrons. The first kappa shape index (κ1) is 20.3. The predicted molar refractivity (Wildman–Crippen MR) is 113 cm³/mol. The third-order valence-electron chi connectivity index (χ3n) is 4.34. The molecule has 0 saturated carbocycles. The normalized spacial score (nSPS) is 11.2. The number of hydrogen-bond donors (Lipinski definition) is 0. The minimum absolute atomic E-state index is 0.547. The molecule has 0 aliphatic carbocycles. The molecular weight excluding hydrogens is 332 g/mol. The molecule has 0 atom stereocenters. The van der Waals surface area contributed by atoms with Crippen molar-refractivity contribution < 1.29 is 4.74 Å². The van der Waals surface area contributed by atoms with Crippen LogP contribution in [0.3, 0.4) is 0 Å². The predicted octanol–water partition coefficient (Wildman–Crippen LogP) is 6.16. The van der Waals surface area contributed by atoms with Crippen molar-refractivity contribution in [1.29, 1.82) is 0 Å². The molecule has 3 nitrogen and oxygen atoms in total. The van der Waals surface area contributed by atoms with Gasteiger partial charge in [-0.25, -0.2) is 4.98 Å². The molecule has 0 bridgehead atoms. The zero-order valence-corrected chi connectivity index (χ0v) is 16.6. The van der Waals surface area contributed by atoms with Gasteiger partial charge in [-0.15, -0.1) is 11.5 Å². The van der Waals surface area contributed by atoms with Gasteiger partial charge >= 0.3 is 0 Å². The van der Waals surface area contributed by atoms with Gasteiger partial charge in [0.05, 0.1) is 30.0 Å². The monoisotopic (exact) mass is 360 g/mol. The molecule has 0 N–H and O–H groups in total. The number of aromatic nitrogens is 2. The fourth-order valence-corrected chi connectivity index (χ4v) is 2.87. The zero-order valence-electron chi connectivity index (χ0n) is 16.6. The highest BCUT2D eigenvalue weighted by molar-refractivity contribution is 5.71. The minimum atomic E-state index is 0.547. The molecule has 1 aromatic carbocycles. The first-order valence-electron chi connectivity index (χ1n) is 9.24. The van der Waals surface area contributed by atoms with E-state index in [2.05, 4.69) is 53.2 Å². The van der Waals surface area contributed by atoms with Crippen molar-refractivity contribution in [2.24, 2.45) is 0 Å². The molecule has 0 unspecified atom stereocenters. The number of hydrogen-bond acceptors (Lipinski definition) is 2. The van der Waals surface area contributed by atoms with Gasteiger partial charge in [-0.2, -0.15) is 0 Å². The van der Waals surface area contributed by atoms with E-state index in [0.717, 1.165) is 46.7 Å². The van der Waals surface area contributed by atoms with E-state index in [4.69, 9.17) is 4.74 Å². The lowest BCUT2D eigenvalue weighted by molar-refractivity contribution is 0.201. The maximum atomic E-state index is 6.09. The Morgan fingerprint density at radius 2 is 1.96 bits per heavy atom. The summed E-state index contributed by atoms with van der Waals surface area (Å²) < 4.78 is 8.17. The van der Waals surface area contributed by atoms with Crippen molar-refractivity contribution >= 4 is 11.6 Å². The average Bonchev–Trinajstić information content (AvgIpc) is 3.07. The van der Waals surface area contributed by atoms with Crippen molar-refractivity contribution in [3.05, 3.63) is 89.6 Å². The van der Waals surface area contributed by atoms with Gasteiger partial charge in [0.2, 0.25) is 0 Å². The summed E-state index contributed by atoms with van der Waals surface area (Å²) in [6, 6.07) is 10.2. The van der Waals surface area contributed by atoms with Crippen molar-refractivity contribution in [3.63, 3.8) is 0 Å². The summed E-state index contributed by atoms with van der Waals surface area (Å²) in [5.41, 5.74) is 11.1. The van der Waals surface area contributed by atoms with E-state index in [1.54, 1.807) is 0 Å². The Morgan fingerprint density at radius 1 is 1.22 bits per heavy atom. The molecule has 0 aliphatic rings. The number of ether oxygens (including phenoxy) is 1. The van der Waals surface area contributed by atoms with E-state index in [1.165, 1.54) is 0 Å². The van der Waals surface area contributed by atoms with Gasteiger partial charge in [0, 0.05) is 11.6 Å². The summed E-state index contributed by atoms with van der Waals surface area (Å²) in [5, 5.41) is 0. The molecule has 0 saturated heterocycles. The first-order valence-corrected chi connectivity index (χ1v) is 9.24. The van der Waals surface area contributed by atoms with E-state index in [0.29, 0.717) is 13.2 Å². The van der Waals surface area contributed by atoms with E-state index in [9.17, 15) is 0 Å². The third kappa shape index (κ3) is 5.49. The lowest BCUT2D eigenvalue weighted by Gasteiger charge is -2.13. The largest absolute Gasteiger partial charge is 0.493 e. The van der Waals surface area contributed by atoms with E-state index < -0.39 is 0 Å². The number of nitrogens with zero attached hydrogens (tertiary/aromatic N) is 2. The van der Waals surface area contributed by atoms with Crippen LogP contribution in [0.5, 0.6) is 0 Å². The second-order valence-electron chi connectivity index (χ2n) is 6.47. The quantitative estimate of drug-likeness (QED) is 0.395. The van der Waals surface area contributed by atoms with Crippen molar-refractivity contribution in [2.75, 3.05) is 0 Å². The Morgan fingerprint density at radius 3 is 2.59 bits per heavy atom. The highest BCUT2D eigenvalue weighted by Gasteiger charge is 2.16. The standard InChI is InChI=1S/C24H28N2O/c1-6-12-22(20(5)27-17-21-14-10-9-11-15-21)24-23(13-7-2)26(18-25-24)16-19(4)8-3/h9-11,13-15,18H,2-3,6,12,16-17H2,1,4-5H3/b22-20+. The molecule has 0 aliphatic heterocycles. The molecule has 0 fully saturated rings. The van der Waals surface area contributed by atoms with Crippen LogP contribution in [0.2, 0.25) is 0 Å². The maximum Gasteiger partial charge on any atom is 0.113 e. The van der Waals surface area contributed by atoms with Crippen LogP contribution in [0.25, 0.3) is 11.6 Å². The van der Waals surface area contributed by atoms with Crippen molar-refractivity contribution in [3.8, 4) is 0 Å². The van der Waals surface area contributed by atoms with Crippen LogP contribution in [0.4, 0.5) is 0 Å². The molecule has 0 amide bonds. The molecule has 3 heteroatoms. The second-order valence-corrected chi connectivity index (χ2v) is 6.47. The van der Waals surface area contributed by atoms with Gasteiger partial charge in [0.25, 0.3) is 0 Å². The lowest BCUT2D eigenvalue weighted by atomic mass is 10.0. The number of benzene rings is 1. The van der Waals surface area contributed by atoms with Crippen molar-refractivity contribution in [2.45, 2.75) is 46.8 Å². The third-order valence-corrected chi connectivity index (χ3v) is 4.34. The van der Waals surface area contributed by atoms with E-state index >= 15 is 0 Å². The molecule has 1 aromatic heterocycles. The molecule has 1 heterocycles. The molecule has 2 aromatic rings. The Labute approximate surface area is 162 Å². The van der Waals surface area contributed by atoms with Crippen LogP contribution in [-0.4, -0.2) is 9.55 Å². The number of imidazole rings is 1. The van der Waals surface area contributed by atoms with Crippen LogP contribution in [0.1, 0.15) is 50.6 Å². The smallest absolute Gasteiger partial charge is 0.113 e. The number of allylic oxidation sites excluding steroid dienone is 3. The first-order chi connectivity index (χ1) is 13.1. The van der Waals surface area contributed by atoms with Gasteiger partial charge < -0.3 is 9.30 Å². The summed E-state index contributed by atoms with van der Waals surface area (Å²) in [5.74, 6) is 0.903. The van der Waals surface area contributed by atoms with Crippen LogP contribution in [0, 0.1) is 0 Å². The Bertz CT molecular complexity index is 890. The SMILES string of the molecule is C=C=Cc1c(/C(CCC)=C(\C)OCc2ccccc2)ncn1CC(C)=C=C. The highest BCUT2D eigenvalue weighted by Crippen LogP contribution is 2.28. The van der Waals surface area contributed by atoms with E-state index in [1.807, 2.05) is 44.4 Å². The summed E-state index contributed by atoms with van der Waals surface area (Å²) in [7, 11) is 0. The van der Waals surface area contributed by atoms with Crippen LogP contribution < -0.4 is 0 Å². The fraction of sp³-hybridized carbons (Fsp3) is 0.292. The lowest BCUT2D eigenvalue weighted by Crippen LogP contribution is -2.02. The maximum absolute atomic E-state index is 6.09. The Balaban J connectivity index is 2.39. The molecule has 27 heavy (non-hydrogen) atoms. The van der Waals surface area contributed by atoms with Gasteiger partial charge in [0.1, 0.15) is 6.61 Å². The summed E-state index contributed by atoms with van der Waals surface area (Å²) in [6.07, 6.45) is 5.63. The van der Waals surface area contributed by atoms with Gasteiger partial charge in [0.15, 0.2) is 0 Å². The van der Waals surface area contributed by atoms with Crippen LogP contribution in [-0.2, 0) is 17.9 Å². The van der Waals surface area contributed by atoms with Gasteiger partial charge in [-0.05, 0) is 31.4 Å². The Hall–Kier alpha value is -2.99. The number of rotatable bonds is 9. The van der Waals surface area contributed by atoms with Crippen molar-refractivity contribution in [1.82, 2.24) is 9.55 Å². The molecule has 140 valence electrons. The van der Waals surface area contributed by atoms with Gasteiger partial charge in [-0.3, -0.25) is 0 Å². The highest BCUT2D eigenvalue weighted by atomic mass is 16.5. The summed E-state index contributed by atoms with van der Waals surface area (Å²) >= 11 is 0. The fourth-order valence-electron chi connectivity index (χ4n) is 2.87. The second kappa shape index (κ2) is 10.2. The average molecular weight is 361 g/mol. The van der Waals surface area contributed by atoms with E-state index in [-0.39, 0.29) is 0 Å². The zero-order chi connectivity index (χ0) is 19.6.